The van der Waals surface area contributed by atoms with Crippen molar-refractivity contribution in [2.75, 3.05) is 7.11 Å². The van der Waals surface area contributed by atoms with Gasteiger partial charge in [-0.3, -0.25) is 14.2 Å². The van der Waals surface area contributed by atoms with Crippen LogP contribution >= 0.6 is 11.3 Å². The fourth-order valence-corrected chi connectivity index (χ4v) is 6.13. The summed E-state index contributed by atoms with van der Waals surface area (Å²) in [5.41, 5.74) is -1.68. The molecule has 12 heteroatoms. The van der Waals surface area contributed by atoms with Gasteiger partial charge in [0.15, 0.2) is 5.78 Å². The van der Waals surface area contributed by atoms with Gasteiger partial charge < -0.3 is 9.47 Å². The molecule has 0 amide bonds. The number of Topliss-reactive ketones (excluding diaryl/α,β-unsaturated/α-hetero) is 1. The zero-order chi connectivity index (χ0) is 30.2. The minimum Gasteiger partial charge on any atom is -0.496 e. The van der Waals surface area contributed by atoms with Crippen LogP contribution in [0.2, 0.25) is 0 Å². The Bertz CT molecular complexity index is 1680. The van der Waals surface area contributed by atoms with Crippen molar-refractivity contribution in [1.82, 2.24) is 24.1 Å². The molecule has 0 aliphatic heterocycles. The van der Waals surface area contributed by atoms with Crippen molar-refractivity contribution in [3.63, 3.8) is 0 Å². The molecule has 4 aromatic rings. The van der Waals surface area contributed by atoms with Gasteiger partial charge in [0.2, 0.25) is 0 Å². The van der Waals surface area contributed by atoms with Crippen LogP contribution in [0.1, 0.15) is 65.2 Å². The summed E-state index contributed by atoms with van der Waals surface area (Å²) in [5, 5.41) is 9.28. The first-order chi connectivity index (χ1) is 19.3. The lowest BCUT2D eigenvalue weighted by molar-refractivity contribution is -0.127. The Morgan fingerprint density at radius 3 is 2.37 bits per heavy atom. The normalized spacial score (nSPS) is 13.0. The molecule has 0 spiro atoms. The smallest absolute Gasteiger partial charge is 0.333 e. The zero-order valence-corrected chi connectivity index (χ0v) is 25.4. The second-order valence-corrected chi connectivity index (χ2v) is 12.2. The van der Waals surface area contributed by atoms with Crippen molar-refractivity contribution >= 4 is 27.3 Å². The molecule has 3 heterocycles. The van der Waals surface area contributed by atoms with Gasteiger partial charge in [0.05, 0.1) is 37.5 Å². The van der Waals surface area contributed by atoms with Crippen LogP contribution in [-0.4, -0.2) is 43.1 Å². The number of benzene rings is 1. The number of nitrogens with zero attached hydrogens (tertiary/aromatic N) is 5. The molecule has 220 valence electrons. The number of ketones is 1. The number of hydrogen-bond donors (Lipinski definition) is 0. The molecule has 0 bridgehead atoms. The van der Waals surface area contributed by atoms with Crippen LogP contribution in [0.15, 0.2) is 40.2 Å². The summed E-state index contributed by atoms with van der Waals surface area (Å²) in [5.74, 6) is -0.291. The summed E-state index contributed by atoms with van der Waals surface area (Å²) in [6.45, 7) is 12.4. The molecule has 0 saturated carbocycles. The first kappa shape index (κ1) is 30.3. The van der Waals surface area contributed by atoms with Gasteiger partial charge in [-0.1, -0.05) is 25.2 Å². The lowest BCUT2D eigenvalue weighted by Crippen LogP contribution is -2.53. The number of thiophene rings is 1. The van der Waals surface area contributed by atoms with Crippen molar-refractivity contribution in [1.29, 1.82) is 0 Å². The average molecular weight is 586 g/mol. The van der Waals surface area contributed by atoms with Crippen molar-refractivity contribution < 1.29 is 18.7 Å². The van der Waals surface area contributed by atoms with Gasteiger partial charge in [-0.05, 0) is 58.7 Å². The van der Waals surface area contributed by atoms with Gasteiger partial charge in [-0.15, -0.1) is 4.80 Å². The highest BCUT2D eigenvalue weighted by molar-refractivity contribution is 7.21. The van der Waals surface area contributed by atoms with Crippen molar-refractivity contribution in [2.45, 2.75) is 79.2 Å². The largest absolute Gasteiger partial charge is 0.496 e. The topological polar surface area (TPSA) is 110 Å². The molecule has 4 rings (SSSR count). The van der Waals surface area contributed by atoms with E-state index >= 15 is 0 Å². The predicted molar refractivity (Wildman–Crippen MR) is 156 cm³/mol. The molecule has 41 heavy (non-hydrogen) atoms. The first-order valence-corrected chi connectivity index (χ1v) is 14.3. The number of aryl methyl sites for hydroxylation is 1. The SMILES string of the molecule is COc1ccc(F)cc1[C@H](Cn1c(=O)n(C(C)(C)C(=O)CC(C)C)c(=O)c2c(C)c(-n3nccn3)sc21)OC(C)C. The maximum atomic E-state index is 14.5. The van der Waals surface area contributed by atoms with Crippen LogP contribution < -0.4 is 16.0 Å². The number of carbonyl (C=O) groups is 1. The minimum absolute atomic E-state index is 0.0353. The number of rotatable bonds is 11. The van der Waals surface area contributed by atoms with E-state index < -0.39 is 28.7 Å². The first-order valence-electron chi connectivity index (χ1n) is 13.5. The molecule has 0 radical (unpaired) electrons. The second kappa shape index (κ2) is 11.7. The highest BCUT2D eigenvalue weighted by atomic mass is 32.1. The summed E-state index contributed by atoms with van der Waals surface area (Å²) in [7, 11) is 1.47. The lowest BCUT2D eigenvalue weighted by atomic mass is 9.91. The van der Waals surface area contributed by atoms with Crippen LogP contribution in [0.25, 0.3) is 15.2 Å². The van der Waals surface area contributed by atoms with Crippen molar-refractivity contribution in [3.05, 3.63) is 68.4 Å². The zero-order valence-electron chi connectivity index (χ0n) is 24.6. The number of carbonyl (C=O) groups excluding carboxylic acids is 1. The van der Waals surface area contributed by atoms with E-state index in [0.717, 1.165) is 4.57 Å². The summed E-state index contributed by atoms with van der Waals surface area (Å²) in [6, 6.07) is 4.11. The molecular formula is C29H36FN5O5S. The minimum atomic E-state index is -1.43. The molecule has 3 aromatic heterocycles. The summed E-state index contributed by atoms with van der Waals surface area (Å²) >= 11 is 1.19. The Labute approximate surface area is 241 Å². The molecule has 0 saturated heterocycles. The molecular weight excluding hydrogens is 549 g/mol. The van der Waals surface area contributed by atoms with Crippen LogP contribution in [0, 0.1) is 18.7 Å². The van der Waals surface area contributed by atoms with E-state index in [1.165, 1.54) is 58.4 Å². The summed E-state index contributed by atoms with van der Waals surface area (Å²) in [6.07, 6.45) is 2.12. The summed E-state index contributed by atoms with van der Waals surface area (Å²) < 4.78 is 28.7. The van der Waals surface area contributed by atoms with E-state index in [9.17, 15) is 18.8 Å². The monoisotopic (exact) mass is 585 g/mol. The number of ether oxygens (including phenoxy) is 2. The van der Waals surface area contributed by atoms with Crippen LogP contribution in [-0.2, 0) is 21.6 Å². The maximum absolute atomic E-state index is 14.5. The molecule has 0 fully saturated rings. The average Bonchev–Trinajstić information content (AvgIpc) is 3.53. The fourth-order valence-electron chi connectivity index (χ4n) is 4.91. The number of halogens is 1. The van der Waals surface area contributed by atoms with Crippen LogP contribution in [0.5, 0.6) is 5.75 Å². The van der Waals surface area contributed by atoms with Gasteiger partial charge in [-0.25, -0.2) is 13.8 Å². The third-order valence-electron chi connectivity index (χ3n) is 6.95. The third kappa shape index (κ3) is 5.76. The van der Waals surface area contributed by atoms with E-state index in [1.807, 2.05) is 27.7 Å². The Hall–Kier alpha value is -3.64. The van der Waals surface area contributed by atoms with Gasteiger partial charge in [0.25, 0.3) is 5.56 Å². The highest BCUT2D eigenvalue weighted by Crippen LogP contribution is 2.35. The van der Waals surface area contributed by atoms with Crippen LogP contribution in [0.3, 0.4) is 0 Å². The van der Waals surface area contributed by atoms with Gasteiger partial charge >= 0.3 is 5.69 Å². The quantitative estimate of drug-likeness (QED) is 0.249. The number of methoxy groups -OCH3 is 1. The second-order valence-electron chi connectivity index (χ2n) is 11.2. The van der Waals surface area contributed by atoms with Gasteiger partial charge in [0, 0.05) is 17.5 Å². The van der Waals surface area contributed by atoms with Crippen LogP contribution in [0.4, 0.5) is 4.39 Å². The van der Waals surface area contributed by atoms with E-state index in [4.69, 9.17) is 9.47 Å². The molecule has 0 unspecified atom stereocenters. The lowest BCUT2D eigenvalue weighted by Gasteiger charge is -2.28. The van der Waals surface area contributed by atoms with E-state index in [2.05, 4.69) is 10.2 Å². The van der Waals surface area contributed by atoms with Crippen molar-refractivity contribution in [2.24, 2.45) is 5.92 Å². The molecule has 1 aromatic carbocycles. The van der Waals surface area contributed by atoms with E-state index in [0.29, 0.717) is 26.7 Å². The van der Waals surface area contributed by atoms with E-state index in [1.54, 1.807) is 20.8 Å². The molecule has 1 atom stereocenters. The number of fused-ring (bicyclic) bond motifs is 1. The van der Waals surface area contributed by atoms with Gasteiger partial charge in [0.1, 0.15) is 33.0 Å². The Morgan fingerprint density at radius 2 is 1.78 bits per heavy atom. The molecule has 0 aliphatic rings. The predicted octanol–water partition coefficient (Wildman–Crippen LogP) is 4.78. The molecule has 0 N–H and O–H groups in total. The molecule has 10 nitrogen and oxygen atoms in total. The van der Waals surface area contributed by atoms with E-state index in [-0.39, 0.29) is 36.2 Å². The highest BCUT2D eigenvalue weighted by Gasteiger charge is 2.36. The third-order valence-corrected chi connectivity index (χ3v) is 8.23. The summed E-state index contributed by atoms with van der Waals surface area (Å²) in [4.78, 5) is 43.5. The fraction of sp³-hybridized carbons (Fsp3) is 0.483. The number of hydrogen-bond acceptors (Lipinski definition) is 8. The van der Waals surface area contributed by atoms with Crippen molar-refractivity contribution in [3.8, 4) is 10.8 Å². The Kier molecular flexibility index (Phi) is 8.65. The maximum Gasteiger partial charge on any atom is 0.333 e. The number of aromatic nitrogens is 5. The standard InChI is InChI=1S/C29H36FN5O5S/c1-16(2)13-23(36)29(6,7)34-25(37)24-18(5)26(35-31-11-12-32-35)41-27(24)33(28(34)38)15-22(40-17(3)4)20-14-19(30)9-10-21(20)39-8/h9-12,14,16-17,22H,13,15H2,1-8H3/t22-/m0/s1. The molecule has 0 aliphatic carbocycles. The van der Waals surface area contributed by atoms with Gasteiger partial charge in [-0.2, -0.15) is 10.2 Å². The Balaban J connectivity index is 2.05. The Morgan fingerprint density at radius 1 is 1.12 bits per heavy atom.